The van der Waals surface area contributed by atoms with Crippen molar-refractivity contribution >= 4 is 27.7 Å². The highest BCUT2D eigenvalue weighted by molar-refractivity contribution is 9.09. The molecule has 0 nitrogen and oxygen atoms in total. The van der Waals surface area contributed by atoms with E-state index in [1.807, 2.05) is 0 Å². The molecule has 0 spiro atoms. The molecule has 0 aromatic carbocycles. The SMILES string of the molecule is CCCC(CBr)CSCC(C)C. The van der Waals surface area contributed by atoms with Gasteiger partial charge < -0.3 is 0 Å². The predicted molar refractivity (Wildman–Crippen MR) is 64.4 cm³/mol. The fourth-order valence-electron chi connectivity index (χ4n) is 1.08. The summed E-state index contributed by atoms with van der Waals surface area (Å²) < 4.78 is 0. The molecule has 1 atom stereocenters. The number of rotatable bonds is 7. The lowest BCUT2D eigenvalue weighted by atomic mass is 10.1. The first kappa shape index (κ1) is 12.8. The molecule has 0 saturated heterocycles. The van der Waals surface area contributed by atoms with Crippen LogP contribution < -0.4 is 0 Å². The van der Waals surface area contributed by atoms with Crippen LogP contribution in [0.15, 0.2) is 0 Å². The summed E-state index contributed by atoms with van der Waals surface area (Å²) >= 11 is 5.67. The number of hydrogen-bond acceptors (Lipinski definition) is 1. The van der Waals surface area contributed by atoms with E-state index in [1.54, 1.807) is 0 Å². The van der Waals surface area contributed by atoms with Gasteiger partial charge in [0.15, 0.2) is 0 Å². The standard InChI is InChI=1S/C10H21BrS/c1-4-5-10(6-11)8-12-7-9(2)3/h9-10H,4-8H2,1-3H3. The number of alkyl halides is 1. The maximum Gasteiger partial charge on any atom is 0.00675 e. The van der Waals surface area contributed by atoms with Crippen molar-refractivity contribution in [2.75, 3.05) is 16.8 Å². The normalized spacial score (nSPS) is 13.8. The number of hydrogen-bond donors (Lipinski definition) is 0. The summed E-state index contributed by atoms with van der Waals surface area (Å²) in [5.41, 5.74) is 0. The predicted octanol–water partition coefficient (Wildman–Crippen LogP) is 4.19. The Bertz CT molecular complexity index is 93.8. The third kappa shape index (κ3) is 7.48. The largest absolute Gasteiger partial charge is 0.161 e. The Hall–Kier alpha value is 0.830. The summed E-state index contributed by atoms with van der Waals surface area (Å²) in [6.07, 6.45) is 2.69. The van der Waals surface area contributed by atoms with Crippen LogP contribution in [-0.2, 0) is 0 Å². The lowest BCUT2D eigenvalue weighted by Crippen LogP contribution is -2.06. The molecule has 0 N–H and O–H groups in total. The van der Waals surface area contributed by atoms with Gasteiger partial charge in [0.1, 0.15) is 0 Å². The van der Waals surface area contributed by atoms with Crippen molar-refractivity contribution in [2.24, 2.45) is 11.8 Å². The molecule has 0 amide bonds. The Balaban J connectivity index is 3.31. The molecule has 0 aliphatic heterocycles. The zero-order valence-electron chi connectivity index (χ0n) is 8.48. The molecule has 0 aromatic heterocycles. The maximum absolute atomic E-state index is 3.57. The van der Waals surface area contributed by atoms with Gasteiger partial charge in [-0.1, -0.05) is 43.1 Å². The fraction of sp³-hybridized carbons (Fsp3) is 1.00. The Labute approximate surface area is 90.0 Å². The van der Waals surface area contributed by atoms with Gasteiger partial charge in [-0.2, -0.15) is 11.8 Å². The zero-order chi connectivity index (χ0) is 9.40. The van der Waals surface area contributed by atoms with Crippen LogP contribution in [0, 0.1) is 11.8 Å². The van der Waals surface area contributed by atoms with Gasteiger partial charge >= 0.3 is 0 Å². The van der Waals surface area contributed by atoms with Crippen molar-refractivity contribution in [2.45, 2.75) is 33.6 Å². The highest BCUT2D eigenvalue weighted by atomic mass is 79.9. The van der Waals surface area contributed by atoms with Crippen molar-refractivity contribution in [3.63, 3.8) is 0 Å². The molecular weight excluding hydrogens is 232 g/mol. The van der Waals surface area contributed by atoms with Crippen LogP contribution in [-0.4, -0.2) is 16.8 Å². The van der Waals surface area contributed by atoms with Crippen molar-refractivity contribution in [3.8, 4) is 0 Å². The Morgan fingerprint density at radius 2 is 1.92 bits per heavy atom. The minimum absolute atomic E-state index is 0.840. The molecular formula is C10H21BrS. The molecule has 0 bridgehead atoms. The van der Waals surface area contributed by atoms with E-state index in [4.69, 9.17) is 0 Å². The summed E-state index contributed by atoms with van der Waals surface area (Å²) in [6.45, 7) is 6.84. The quantitative estimate of drug-likeness (QED) is 0.613. The molecule has 0 rings (SSSR count). The van der Waals surface area contributed by atoms with Gasteiger partial charge in [-0.3, -0.25) is 0 Å². The van der Waals surface area contributed by atoms with Crippen molar-refractivity contribution in [3.05, 3.63) is 0 Å². The van der Waals surface area contributed by atoms with Gasteiger partial charge in [0.2, 0.25) is 0 Å². The first-order valence-corrected chi connectivity index (χ1v) is 7.12. The molecule has 1 unspecified atom stereocenters. The molecule has 0 fully saturated rings. The summed E-state index contributed by atoms with van der Waals surface area (Å²) in [7, 11) is 0. The average molecular weight is 253 g/mol. The van der Waals surface area contributed by atoms with Crippen LogP contribution >= 0.6 is 27.7 Å². The van der Waals surface area contributed by atoms with E-state index in [1.165, 1.54) is 29.7 Å². The van der Waals surface area contributed by atoms with Crippen LogP contribution in [0.1, 0.15) is 33.6 Å². The van der Waals surface area contributed by atoms with Crippen LogP contribution in [0.25, 0.3) is 0 Å². The number of halogens is 1. The zero-order valence-corrected chi connectivity index (χ0v) is 10.9. The molecule has 0 saturated carbocycles. The highest BCUT2D eigenvalue weighted by Crippen LogP contribution is 2.18. The molecule has 0 radical (unpaired) electrons. The molecule has 0 aliphatic carbocycles. The first-order valence-electron chi connectivity index (χ1n) is 4.84. The van der Waals surface area contributed by atoms with E-state index in [0.29, 0.717) is 0 Å². The van der Waals surface area contributed by atoms with Gasteiger partial charge in [0.05, 0.1) is 0 Å². The maximum atomic E-state index is 3.57. The smallest absolute Gasteiger partial charge is 0.00675 e. The molecule has 2 heteroatoms. The van der Waals surface area contributed by atoms with Gasteiger partial charge in [-0.25, -0.2) is 0 Å². The van der Waals surface area contributed by atoms with Crippen LogP contribution in [0.5, 0.6) is 0 Å². The molecule has 0 heterocycles. The van der Waals surface area contributed by atoms with Crippen LogP contribution in [0.3, 0.4) is 0 Å². The first-order chi connectivity index (χ1) is 5.70. The van der Waals surface area contributed by atoms with E-state index in [9.17, 15) is 0 Å². The monoisotopic (exact) mass is 252 g/mol. The van der Waals surface area contributed by atoms with Crippen molar-refractivity contribution in [1.29, 1.82) is 0 Å². The van der Waals surface area contributed by atoms with Gasteiger partial charge in [0, 0.05) is 5.33 Å². The third-order valence-electron chi connectivity index (χ3n) is 1.72. The van der Waals surface area contributed by atoms with E-state index >= 15 is 0 Å². The topological polar surface area (TPSA) is 0 Å². The van der Waals surface area contributed by atoms with E-state index in [0.717, 1.165) is 11.8 Å². The molecule has 12 heavy (non-hydrogen) atoms. The molecule has 74 valence electrons. The minimum atomic E-state index is 0.840. The number of thioether (sulfide) groups is 1. The van der Waals surface area contributed by atoms with E-state index in [-0.39, 0.29) is 0 Å². The van der Waals surface area contributed by atoms with E-state index in [2.05, 4.69) is 48.5 Å². The third-order valence-corrected chi connectivity index (χ3v) is 4.25. The lowest BCUT2D eigenvalue weighted by Gasteiger charge is -2.12. The summed E-state index contributed by atoms with van der Waals surface area (Å²) in [5.74, 6) is 4.37. The average Bonchev–Trinajstić information content (AvgIpc) is 2.02. The second-order valence-electron chi connectivity index (χ2n) is 3.74. The van der Waals surface area contributed by atoms with Gasteiger partial charge in [0.25, 0.3) is 0 Å². The second-order valence-corrected chi connectivity index (χ2v) is 5.46. The van der Waals surface area contributed by atoms with Crippen molar-refractivity contribution in [1.82, 2.24) is 0 Å². The Morgan fingerprint density at radius 3 is 2.33 bits per heavy atom. The van der Waals surface area contributed by atoms with Gasteiger partial charge in [-0.05, 0) is 29.8 Å². The van der Waals surface area contributed by atoms with Crippen LogP contribution in [0.4, 0.5) is 0 Å². The lowest BCUT2D eigenvalue weighted by molar-refractivity contribution is 0.596. The molecule has 0 aliphatic rings. The molecule has 0 aromatic rings. The Morgan fingerprint density at radius 1 is 1.25 bits per heavy atom. The summed E-state index contributed by atoms with van der Waals surface area (Å²) in [5, 5.41) is 1.17. The highest BCUT2D eigenvalue weighted by Gasteiger charge is 2.05. The summed E-state index contributed by atoms with van der Waals surface area (Å²) in [6, 6.07) is 0. The van der Waals surface area contributed by atoms with Crippen molar-refractivity contribution < 1.29 is 0 Å². The second kappa shape index (κ2) is 8.43. The van der Waals surface area contributed by atoms with Gasteiger partial charge in [-0.15, -0.1) is 0 Å². The van der Waals surface area contributed by atoms with Crippen LogP contribution in [0.2, 0.25) is 0 Å². The Kier molecular flexibility index (Phi) is 9.01. The van der Waals surface area contributed by atoms with E-state index < -0.39 is 0 Å². The fourth-order valence-corrected chi connectivity index (χ4v) is 3.16. The minimum Gasteiger partial charge on any atom is -0.161 e. The summed E-state index contributed by atoms with van der Waals surface area (Å²) in [4.78, 5) is 0.